The van der Waals surface area contributed by atoms with Gasteiger partial charge in [-0.2, -0.15) is 5.26 Å². The fourth-order valence-corrected chi connectivity index (χ4v) is 1.93. The molecule has 4 nitrogen and oxygen atoms in total. The van der Waals surface area contributed by atoms with Gasteiger partial charge in [-0.1, -0.05) is 6.07 Å². The van der Waals surface area contributed by atoms with Crippen molar-refractivity contribution in [1.82, 2.24) is 10.3 Å². The zero-order chi connectivity index (χ0) is 14.9. The van der Waals surface area contributed by atoms with Gasteiger partial charge in [0, 0.05) is 25.5 Å². The van der Waals surface area contributed by atoms with Gasteiger partial charge in [0.2, 0.25) is 0 Å². The lowest BCUT2D eigenvalue weighted by molar-refractivity contribution is 0.627. The summed E-state index contributed by atoms with van der Waals surface area (Å²) >= 11 is 0. The van der Waals surface area contributed by atoms with Crippen LogP contribution in [0.1, 0.15) is 17.5 Å². The maximum absolute atomic E-state index is 13.0. The molecule has 0 unspecified atom stereocenters. The molecule has 0 saturated carbocycles. The zero-order valence-corrected chi connectivity index (χ0v) is 11.6. The molecule has 0 atom stereocenters. The fraction of sp³-hybridized carbons (Fsp3) is 0.250. The number of nitrogens with one attached hydrogen (secondary N) is 2. The Kier molecular flexibility index (Phi) is 5.68. The average molecular weight is 284 g/mol. The van der Waals surface area contributed by atoms with Crippen LogP contribution in [0, 0.1) is 17.1 Å². The Morgan fingerprint density at radius 3 is 2.90 bits per heavy atom. The molecule has 1 heterocycles. The Balaban J connectivity index is 1.67. The molecule has 0 spiro atoms. The molecular weight excluding hydrogens is 267 g/mol. The third-order valence-electron chi connectivity index (χ3n) is 3.00. The van der Waals surface area contributed by atoms with Crippen LogP contribution in [0.25, 0.3) is 0 Å². The molecule has 21 heavy (non-hydrogen) atoms. The van der Waals surface area contributed by atoms with E-state index < -0.39 is 5.82 Å². The van der Waals surface area contributed by atoms with Gasteiger partial charge in [0.25, 0.3) is 0 Å². The minimum atomic E-state index is -0.393. The highest BCUT2D eigenvalue weighted by Crippen LogP contribution is 2.15. The van der Waals surface area contributed by atoms with Gasteiger partial charge >= 0.3 is 0 Å². The number of nitrogens with zero attached hydrogens (tertiary/aromatic N) is 2. The number of nitriles is 1. The topological polar surface area (TPSA) is 60.7 Å². The largest absolute Gasteiger partial charge is 0.384 e. The normalized spacial score (nSPS) is 10.1. The Morgan fingerprint density at radius 1 is 1.24 bits per heavy atom. The molecule has 2 N–H and O–H groups in total. The summed E-state index contributed by atoms with van der Waals surface area (Å²) in [7, 11) is 0. The second-order valence-electron chi connectivity index (χ2n) is 4.62. The van der Waals surface area contributed by atoms with E-state index >= 15 is 0 Å². The van der Waals surface area contributed by atoms with Gasteiger partial charge < -0.3 is 10.6 Å². The second-order valence-corrected chi connectivity index (χ2v) is 4.62. The first-order valence-electron chi connectivity index (χ1n) is 6.83. The summed E-state index contributed by atoms with van der Waals surface area (Å²) in [6, 6.07) is 10.1. The molecular formula is C16H17FN4. The van der Waals surface area contributed by atoms with E-state index in [1.165, 1.54) is 12.1 Å². The minimum Gasteiger partial charge on any atom is -0.384 e. The number of anilines is 1. The van der Waals surface area contributed by atoms with Crippen molar-refractivity contribution >= 4 is 5.69 Å². The van der Waals surface area contributed by atoms with E-state index in [1.807, 2.05) is 24.4 Å². The van der Waals surface area contributed by atoms with Crippen LogP contribution in [0.2, 0.25) is 0 Å². The summed E-state index contributed by atoms with van der Waals surface area (Å²) in [6.45, 7) is 2.36. The van der Waals surface area contributed by atoms with E-state index in [4.69, 9.17) is 5.26 Å². The van der Waals surface area contributed by atoms with Crippen molar-refractivity contribution in [2.45, 2.75) is 13.0 Å². The minimum absolute atomic E-state index is 0.332. The molecule has 1 aromatic carbocycles. The molecule has 0 aliphatic heterocycles. The third-order valence-corrected chi connectivity index (χ3v) is 3.00. The van der Waals surface area contributed by atoms with Crippen LogP contribution in [-0.2, 0) is 6.54 Å². The van der Waals surface area contributed by atoms with Crippen LogP contribution < -0.4 is 10.6 Å². The molecule has 2 rings (SSSR count). The standard InChI is InChI=1S/C16H17FN4/c17-15-4-5-16(14(9-15)10-18)21-8-2-7-20-12-13-3-1-6-19-11-13/h1,3-6,9,11,20-21H,2,7-8,12H2. The lowest BCUT2D eigenvalue weighted by Gasteiger charge is -2.09. The van der Waals surface area contributed by atoms with E-state index in [-0.39, 0.29) is 0 Å². The Labute approximate surface area is 123 Å². The fourth-order valence-electron chi connectivity index (χ4n) is 1.93. The van der Waals surface area contributed by atoms with Gasteiger partial charge in [-0.25, -0.2) is 4.39 Å². The number of hydrogen-bond acceptors (Lipinski definition) is 4. The van der Waals surface area contributed by atoms with Gasteiger partial charge in [0.05, 0.1) is 11.3 Å². The van der Waals surface area contributed by atoms with Crippen molar-refractivity contribution in [3.63, 3.8) is 0 Å². The Hall–Kier alpha value is -2.45. The predicted molar refractivity (Wildman–Crippen MR) is 80.2 cm³/mol. The first-order chi connectivity index (χ1) is 10.3. The first kappa shape index (κ1) is 14.9. The van der Waals surface area contributed by atoms with Gasteiger partial charge in [0.1, 0.15) is 11.9 Å². The van der Waals surface area contributed by atoms with Crippen molar-refractivity contribution in [2.24, 2.45) is 0 Å². The number of aromatic nitrogens is 1. The van der Waals surface area contributed by atoms with Crippen LogP contribution in [0.5, 0.6) is 0 Å². The molecule has 5 heteroatoms. The number of halogens is 1. The molecule has 0 amide bonds. The lowest BCUT2D eigenvalue weighted by atomic mass is 10.2. The SMILES string of the molecule is N#Cc1cc(F)ccc1NCCCNCc1cccnc1. The number of benzene rings is 1. The summed E-state index contributed by atoms with van der Waals surface area (Å²) in [6.07, 6.45) is 4.49. The Bertz CT molecular complexity index is 607. The highest BCUT2D eigenvalue weighted by Gasteiger charge is 2.02. The van der Waals surface area contributed by atoms with E-state index in [0.717, 1.165) is 31.6 Å². The van der Waals surface area contributed by atoms with Crippen molar-refractivity contribution in [2.75, 3.05) is 18.4 Å². The summed E-state index contributed by atoms with van der Waals surface area (Å²) in [4.78, 5) is 4.05. The zero-order valence-electron chi connectivity index (χ0n) is 11.6. The van der Waals surface area contributed by atoms with E-state index in [9.17, 15) is 4.39 Å². The molecule has 0 radical (unpaired) electrons. The molecule has 2 aromatic rings. The van der Waals surface area contributed by atoms with Crippen LogP contribution in [0.15, 0.2) is 42.7 Å². The monoisotopic (exact) mass is 284 g/mol. The number of hydrogen-bond donors (Lipinski definition) is 2. The molecule has 0 saturated heterocycles. The van der Waals surface area contributed by atoms with Gasteiger partial charge in [-0.3, -0.25) is 4.98 Å². The summed E-state index contributed by atoms with van der Waals surface area (Å²) in [5, 5.41) is 15.4. The second kappa shape index (κ2) is 7.98. The van der Waals surface area contributed by atoms with Gasteiger partial charge in [0.15, 0.2) is 0 Å². The summed E-state index contributed by atoms with van der Waals surface area (Å²) in [5.41, 5.74) is 2.15. The quantitative estimate of drug-likeness (QED) is 0.767. The smallest absolute Gasteiger partial charge is 0.124 e. The van der Waals surface area contributed by atoms with E-state index in [0.29, 0.717) is 11.3 Å². The van der Waals surface area contributed by atoms with Crippen molar-refractivity contribution < 1.29 is 4.39 Å². The number of pyridine rings is 1. The molecule has 1 aromatic heterocycles. The van der Waals surface area contributed by atoms with Gasteiger partial charge in [-0.05, 0) is 42.8 Å². The molecule has 0 aliphatic rings. The first-order valence-corrected chi connectivity index (χ1v) is 6.83. The average Bonchev–Trinajstić information content (AvgIpc) is 2.52. The highest BCUT2D eigenvalue weighted by molar-refractivity contribution is 5.57. The summed E-state index contributed by atoms with van der Waals surface area (Å²) < 4.78 is 13.0. The Morgan fingerprint density at radius 2 is 2.14 bits per heavy atom. The maximum atomic E-state index is 13.0. The molecule has 108 valence electrons. The number of rotatable bonds is 7. The summed E-state index contributed by atoms with van der Waals surface area (Å²) in [5.74, 6) is -0.393. The highest BCUT2D eigenvalue weighted by atomic mass is 19.1. The molecule has 0 fully saturated rings. The van der Waals surface area contributed by atoms with Crippen LogP contribution in [-0.4, -0.2) is 18.1 Å². The van der Waals surface area contributed by atoms with Crippen LogP contribution >= 0.6 is 0 Å². The predicted octanol–water partition coefficient (Wildman–Crippen LogP) is 2.68. The molecule has 0 aliphatic carbocycles. The van der Waals surface area contributed by atoms with Gasteiger partial charge in [-0.15, -0.1) is 0 Å². The van der Waals surface area contributed by atoms with Crippen molar-refractivity contribution in [3.8, 4) is 6.07 Å². The van der Waals surface area contributed by atoms with Crippen molar-refractivity contribution in [1.29, 1.82) is 5.26 Å². The lowest BCUT2D eigenvalue weighted by Crippen LogP contribution is -2.17. The van der Waals surface area contributed by atoms with E-state index in [1.54, 1.807) is 12.3 Å². The third kappa shape index (κ3) is 4.86. The van der Waals surface area contributed by atoms with Crippen molar-refractivity contribution in [3.05, 3.63) is 59.7 Å². The van der Waals surface area contributed by atoms with Crippen LogP contribution in [0.3, 0.4) is 0 Å². The van der Waals surface area contributed by atoms with E-state index in [2.05, 4.69) is 15.6 Å². The maximum Gasteiger partial charge on any atom is 0.124 e. The van der Waals surface area contributed by atoms with Crippen LogP contribution in [0.4, 0.5) is 10.1 Å². The molecule has 0 bridgehead atoms.